The number of carbonyl (C=O) groups excluding carboxylic acids is 1. The van der Waals surface area contributed by atoms with Crippen molar-refractivity contribution in [3.05, 3.63) is 84.3 Å². The van der Waals surface area contributed by atoms with Crippen LogP contribution >= 0.6 is 0 Å². The number of hydrogen-bond acceptors (Lipinski definition) is 4. The van der Waals surface area contributed by atoms with Gasteiger partial charge in [-0.25, -0.2) is 18.0 Å². The van der Waals surface area contributed by atoms with Crippen molar-refractivity contribution in [1.29, 1.82) is 0 Å². The van der Waals surface area contributed by atoms with Gasteiger partial charge in [-0.1, -0.05) is 12.1 Å². The monoisotopic (exact) mass is 410 g/mol. The summed E-state index contributed by atoms with van der Waals surface area (Å²) in [5.41, 5.74) is 0.227. The minimum Gasteiger partial charge on any atom is -0.455 e. The first kappa shape index (κ1) is 19.2. The molecular weight excluding hydrogens is 397 g/mol. The van der Waals surface area contributed by atoms with Gasteiger partial charge in [-0.05, 0) is 36.4 Å². The smallest absolute Gasteiger partial charge is 0.323 e. The molecule has 3 aromatic carbocycles. The van der Waals surface area contributed by atoms with Gasteiger partial charge in [0, 0.05) is 17.5 Å². The summed E-state index contributed by atoms with van der Waals surface area (Å²) < 4.78 is 46.7. The van der Waals surface area contributed by atoms with Crippen molar-refractivity contribution >= 4 is 28.3 Å². The SMILES string of the molecule is O=C(Nc1ccc(F)cc1F)Nc1ccc(Oc2cnnc3ccccc23)cc1F. The summed E-state index contributed by atoms with van der Waals surface area (Å²) in [4.78, 5) is 12.0. The van der Waals surface area contributed by atoms with Crippen molar-refractivity contribution in [2.45, 2.75) is 0 Å². The van der Waals surface area contributed by atoms with E-state index in [4.69, 9.17) is 4.74 Å². The molecule has 1 heterocycles. The molecule has 0 spiro atoms. The van der Waals surface area contributed by atoms with Gasteiger partial charge in [0.2, 0.25) is 0 Å². The summed E-state index contributed by atoms with van der Waals surface area (Å²) in [6.45, 7) is 0. The number of nitrogens with zero attached hydrogens (tertiary/aromatic N) is 2. The lowest BCUT2D eigenvalue weighted by atomic mass is 10.2. The van der Waals surface area contributed by atoms with Gasteiger partial charge in [0.1, 0.15) is 23.2 Å². The number of fused-ring (bicyclic) bond motifs is 1. The lowest BCUT2D eigenvalue weighted by molar-refractivity contribution is 0.262. The predicted molar refractivity (Wildman–Crippen MR) is 105 cm³/mol. The van der Waals surface area contributed by atoms with E-state index in [1.165, 1.54) is 18.3 Å². The fourth-order valence-electron chi connectivity index (χ4n) is 2.72. The van der Waals surface area contributed by atoms with Crippen LogP contribution < -0.4 is 15.4 Å². The number of benzene rings is 3. The van der Waals surface area contributed by atoms with Crippen LogP contribution in [0.4, 0.5) is 29.3 Å². The fraction of sp³-hybridized carbons (Fsp3) is 0. The molecule has 150 valence electrons. The van der Waals surface area contributed by atoms with Crippen LogP contribution in [0.25, 0.3) is 10.9 Å². The van der Waals surface area contributed by atoms with Gasteiger partial charge < -0.3 is 15.4 Å². The van der Waals surface area contributed by atoms with E-state index in [9.17, 15) is 18.0 Å². The van der Waals surface area contributed by atoms with Crippen molar-refractivity contribution in [3.63, 3.8) is 0 Å². The highest BCUT2D eigenvalue weighted by Crippen LogP contribution is 2.29. The third kappa shape index (κ3) is 4.14. The second-order valence-corrected chi connectivity index (χ2v) is 6.17. The molecule has 0 fully saturated rings. The standard InChI is InChI=1S/C21H13F3N4O2/c22-12-5-7-18(15(23)9-12)26-21(29)27-19-8-6-13(10-16(19)24)30-20-11-25-28-17-4-2-1-3-14(17)20/h1-11H,(H2,26,27,29). The molecule has 2 N–H and O–H groups in total. The van der Waals surface area contributed by atoms with Gasteiger partial charge in [-0.15, -0.1) is 0 Å². The zero-order chi connectivity index (χ0) is 21.1. The van der Waals surface area contributed by atoms with Crippen molar-refractivity contribution < 1.29 is 22.7 Å². The quantitative estimate of drug-likeness (QED) is 0.467. The van der Waals surface area contributed by atoms with E-state index in [1.54, 1.807) is 12.1 Å². The topological polar surface area (TPSA) is 76.1 Å². The Morgan fingerprint density at radius 2 is 1.57 bits per heavy atom. The van der Waals surface area contributed by atoms with E-state index < -0.39 is 23.5 Å². The molecule has 6 nitrogen and oxygen atoms in total. The average molecular weight is 410 g/mol. The van der Waals surface area contributed by atoms with Crippen LogP contribution in [0.5, 0.6) is 11.5 Å². The Balaban J connectivity index is 1.48. The normalized spacial score (nSPS) is 10.6. The molecule has 4 aromatic rings. The first-order valence-electron chi connectivity index (χ1n) is 8.70. The largest absolute Gasteiger partial charge is 0.455 e. The number of ether oxygens (including phenoxy) is 1. The van der Waals surface area contributed by atoms with Gasteiger partial charge in [0.15, 0.2) is 5.75 Å². The third-order valence-corrected chi connectivity index (χ3v) is 4.11. The Kier molecular flexibility index (Phi) is 5.17. The number of anilines is 2. The average Bonchev–Trinajstić information content (AvgIpc) is 2.72. The van der Waals surface area contributed by atoms with Crippen LogP contribution in [-0.2, 0) is 0 Å². The van der Waals surface area contributed by atoms with E-state index in [1.807, 2.05) is 12.1 Å². The summed E-state index contributed by atoms with van der Waals surface area (Å²) in [6.07, 6.45) is 1.41. The molecule has 0 atom stereocenters. The lowest BCUT2D eigenvalue weighted by Gasteiger charge is -2.11. The summed E-state index contributed by atoms with van der Waals surface area (Å²) >= 11 is 0. The molecule has 1 aromatic heterocycles. The van der Waals surface area contributed by atoms with Crippen LogP contribution in [0.3, 0.4) is 0 Å². The van der Waals surface area contributed by atoms with Gasteiger partial charge in [-0.3, -0.25) is 0 Å². The highest BCUT2D eigenvalue weighted by molar-refractivity contribution is 5.99. The van der Waals surface area contributed by atoms with Gasteiger partial charge in [0.05, 0.1) is 23.1 Å². The maximum atomic E-state index is 14.4. The Hall–Kier alpha value is -4.14. The predicted octanol–water partition coefficient (Wildman–Crippen LogP) is 5.48. The molecule has 4 rings (SSSR count). The van der Waals surface area contributed by atoms with Gasteiger partial charge in [-0.2, -0.15) is 10.2 Å². The summed E-state index contributed by atoms with van der Waals surface area (Å²) in [7, 11) is 0. The van der Waals surface area contributed by atoms with Crippen LogP contribution in [0.1, 0.15) is 0 Å². The molecule has 0 aliphatic carbocycles. The number of nitrogens with one attached hydrogen (secondary N) is 2. The molecule has 0 bridgehead atoms. The first-order chi connectivity index (χ1) is 14.5. The number of aromatic nitrogens is 2. The number of halogens is 3. The number of rotatable bonds is 4. The van der Waals surface area contributed by atoms with Crippen molar-refractivity contribution in [2.75, 3.05) is 10.6 Å². The molecule has 0 saturated heterocycles. The maximum Gasteiger partial charge on any atom is 0.323 e. The highest BCUT2D eigenvalue weighted by Gasteiger charge is 2.12. The summed E-state index contributed by atoms with van der Waals surface area (Å²) in [5.74, 6) is -1.93. The molecule has 0 radical (unpaired) electrons. The van der Waals surface area contributed by atoms with Crippen molar-refractivity contribution in [1.82, 2.24) is 10.2 Å². The van der Waals surface area contributed by atoms with E-state index >= 15 is 0 Å². The fourth-order valence-corrected chi connectivity index (χ4v) is 2.72. The molecule has 9 heteroatoms. The van der Waals surface area contributed by atoms with Crippen LogP contribution in [0, 0.1) is 17.5 Å². The van der Waals surface area contributed by atoms with Gasteiger partial charge >= 0.3 is 6.03 Å². The lowest BCUT2D eigenvalue weighted by Crippen LogP contribution is -2.20. The van der Waals surface area contributed by atoms with E-state index in [2.05, 4.69) is 20.8 Å². The van der Waals surface area contributed by atoms with Crippen molar-refractivity contribution in [2.24, 2.45) is 0 Å². The number of carbonyl (C=O) groups is 1. The Labute approximate surface area is 168 Å². The Morgan fingerprint density at radius 3 is 2.30 bits per heavy atom. The molecule has 0 aliphatic heterocycles. The minimum absolute atomic E-state index is 0.153. The molecule has 0 unspecified atom stereocenters. The number of hydrogen-bond donors (Lipinski definition) is 2. The van der Waals surface area contributed by atoms with E-state index in [-0.39, 0.29) is 17.1 Å². The second kappa shape index (κ2) is 8.08. The number of urea groups is 1. The highest BCUT2D eigenvalue weighted by atomic mass is 19.1. The van der Waals surface area contributed by atoms with Crippen LogP contribution in [-0.4, -0.2) is 16.2 Å². The first-order valence-corrected chi connectivity index (χ1v) is 8.70. The molecular formula is C21H13F3N4O2. The number of amides is 2. The van der Waals surface area contributed by atoms with E-state index in [0.29, 0.717) is 22.7 Å². The Bertz CT molecular complexity index is 1240. The van der Waals surface area contributed by atoms with Crippen LogP contribution in [0.15, 0.2) is 66.9 Å². The molecule has 30 heavy (non-hydrogen) atoms. The molecule has 0 saturated carbocycles. The summed E-state index contributed by atoms with van der Waals surface area (Å²) in [6, 6.07) is 12.8. The second-order valence-electron chi connectivity index (χ2n) is 6.17. The summed E-state index contributed by atoms with van der Waals surface area (Å²) in [5, 5.41) is 13.0. The third-order valence-electron chi connectivity index (χ3n) is 4.11. The van der Waals surface area contributed by atoms with E-state index in [0.717, 1.165) is 18.2 Å². The minimum atomic E-state index is -0.951. The zero-order valence-electron chi connectivity index (χ0n) is 15.2. The zero-order valence-corrected chi connectivity index (χ0v) is 15.2. The van der Waals surface area contributed by atoms with Crippen LogP contribution in [0.2, 0.25) is 0 Å². The Morgan fingerprint density at radius 1 is 0.867 bits per heavy atom. The molecule has 0 aliphatic rings. The maximum absolute atomic E-state index is 14.4. The van der Waals surface area contributed by atoms with Gasteiger partial charge in [0.25, 0.3) is 0 Å². The van der Waals surface area contributed by atoms with Crippen molar-refractivity contribution in [3.8, 4) is 11.5 Å². The molecule has 2 amide bonds.